The van der Waals surface area contributed by atoms with Gasteiger partial charge in [-0.1, -0.05) is 39.1 Å². The Hall–Kier alpha value is -0.450. The van der Waals surface area contributed by atoms with Crippen LogP contribution in [0.15, 0.2) is 16.6 Å². The highest BCUT2D eigenvalue weighted by atomic mass is 79.9. The molecule has 0 radical (unpaired) electrons. The second-order valence-corrected chi connectivity index (χ2v) is 5.44. The van der Waals surface area contributed by atoms with Crippen LogP contribution in [-0.4, -0.2) is 31.4 Å². The number of hydrogen-bond donors (Lipinski definition) is 1. The number of carbonyl (C=O) groups is 1. The third kappa shape index (κ3) is 4.37. The van der Waals surface area contributed by atoms with Crippen LogP contribution < -0.4 is 5.32 Å². The molecule has 17 heavy (non-hydrogen) atoms. The van der Waals surface area contributed by atoms with Crippen molar-refractivity contribution in [2.75, 3.05) is 26.0 Å². The molecule has 0 unspecified atom stereocenters. The van der Waals surface area contributed by atoms with Crippen LogP contribution in [0.2, 0.25) is 10.0 Å². The fourth-order valence-electron chi connectivity index (χ4n) is 1.23. The molecular weight excluding hydrogens is 327 g/mol. The van der Waals surface area contributed by atoms with Crippen molar-refractivity contribution in [3.63, 3.8) is 0 Å². The number of rotatable bonds is 4. The molecule has 0 saturated carbocycles. The molecule has 0 saturated heterocycles. The summed E-state index contributed by atoms with van der Waals surface area (Å²) in [7, 11) is 3.45. The van der Waals surface area contributed by atoms with E-state index in [-0.39, 0.29) is 5.91 Å². The van der Waals surface area contributed by atoms with Gasteiger partial charge in [-0.15, -0.1) is 0 Å². The summed E-state index contributed by atoms with van der Waals surface area (Å²) in [5.74, 6) is 0.0573. The van der Waals surface area contributed by atoms with Crippen LogP contribution in [0, 0.1) is 0 Å². The molecule has 0 spiro atoms. The Morgan fingerprint density at radius 1 is 1.35 bits per heavy atom. The van der Waals surface area contributed by atoms with E-state index in [9.17, 15) is 4.79 Å². The summed E-state index contributed by atoms with van der Waals surface area (Å²) in [4.78, 5) is 12.9. The second kappa shape index (κ2) is 6.47. The van der Waals surface area contributed by atoms with Gasteiger partial charge in [0.1, 0.15) is 0 Å². The van der Waals surface area contributed by atoms with Gasteiger partial charge in [0.15, 0.2) is 0 Å². The molecule has 3 nitrogen and oxygen atoms in total. The average molecular weight is 340 g/mol. The molecule has 1 amide bonds. The summed E-state index contributed by atoms with van der Waals surface area (Å²) >= 11 is 15.4. The zero-order chi connectivity index (χ0) is 13.0. The van der Waals surface area contributed by atoms with Crippen molar-refractivity contribution in [2.24, 2.45) is 0 Å². The average Bonchev–Trinajstić information content (AvgIpc) is 2.21. The van der Waals surface area contributed by atoms with Gasteiger partial charge in [-0.05, 0) is 12.1 Å². The lowest BCUT2D eigenvalue weighted by Gasteiger charge is -2.13. The lowest BCUT2D eigenvalue weighted by Crippen LogP contribution is -2.23. The topological polar surface area (TPSA) is 32.3 Å². The predicted octanol–water partition coefficient (Wildman–Crippen LogP) is 3.65. The van der Waals surface area contributed by atoms with Gasteiger partial charge in [-0.2, -0.15) is 0 Å². The van der Waals surface area contributed by atoms with Crippen LogP contribution >= 0.6 is 39.1 Å². The molecule has 1 aromatic carbocycles. The summed E-state index contributed by atoms with van der Waals surface area (Å²) in [6, 6.07) is 3.51. The number of hydrogen-bond acceptors (Lipinski definition) is 2. The Morgan fingerprint density at radius 3 is 2.35 bits per heavy atom. The van der Waals surface area contributed by atoms with E-state index in [0.29, 0.717) is 28.7 Å². The Balaban J connectivity index is 2.61. The first kappa shape index (κ1) is 14.6. The van der Waals surface area contributed by atoms with E-state index in [1.54, 1.807) is 31.1 Å². The molecule has 0 bridgehead atoms. The molecule has 0 aromatic heterocycles. The van der Waals surface area contributed by atoms with Crippen molar-refractivity contribution >= 4 is 50.7 Å². The van der Waals surface area contributed by atoms with E-state index in [1.807, 2.05) is 0 Å². The third-order valence-corrected chi connectivity index (χ3v) is 3.20. The van der Waals surface area contributed by atoms with Crippen molar-refractivity contribution in [3.05, 3.63) is 26.7 Å². The normalized spacial score (nSPS) is 10.2. The van der Waals surface area contributed by atoms with Crippen LogP contribution in [0.1, 0.15) is 6.42 Å². The van der Waals surface area contributed by atoms with Gasteiger partial charge in [0.25, 0.3) is 0 Å². The van der Waals surface area contributed by atoms with Crippen LogP contribution in [0.4, 0.5) is 5.69 Å². The maximum absolute atomic E-state index is 11.4. The summed E-state index contributed by atoms with van der Waals surface area (Å²) in [6.45, 7) is 0.498. The number of benzene rings is 1. The molecule has 0 aliphatic heterocycles. The molecule has 0 atom stereocenters. The first-order chi connectivity index (χ1) is 7.91. The number of amides is 1. The standard InChI is InChI=1S/C11H13BrCl2N2O/c1-16(2)10(17)3-4-15-11-8(13)5-7(12)6-9(11)14/h5-6,15H,3-4H2,1-2H3. The van der Waals surface area contributed by atoms with Crippen molar-refractivity contribution in [3.8, 4) is 0 Å². The van der Waals surface area contributed by atoms with Crippen molar-refractivity contribution < 1.29 is 4.79 Å². The van der Waals surface area contributed by atoms with E-state index in [1.165, 1.54) is 0 Å². The molecule has 0 aliphatic carbocycles. The van der Waals surface area contributed by atoms with E-state index in [2.05, 4.69) is 21.2 Å². The van der Waals surface area contributed by atoms with Gasteiger partial charge in [0.2, 0.25) is 5.91 Å². The number of nitrogens with one attached hydrogen (secondary N) is 1. The summed E-state index contributed by atoms with van der Waals surface area (Å²) in [5, 5.41) is 4.12. The Labute approximate surface area is 119 Å². The minimum atomic E-state index is 0.0573. The highest BCUT2D eigenvalue weighted by Crippen LogP contribution is 2.33. The Kier molecular flexibility index (Phi) is 5.56. The van der Waals surface area contributed by atoms with Gasteiger partial charge in [0, 0.05) is 31.5 Å². The summed E-state index contributed by atoms with van der Waals surface area (Å²) in [5.41, 5.74) is 0.656. The van der Waals surface area contributed by atoms with E-state index >= 15 is 0 Å². The summed E-state index contributed by atoms with van der Waals surface area (Å²) < 4.78 is 0.822. The van der Waals surface area contributed by atoms with Crippen molar-refractivity contribution in [1.82, 2.24) is 4.90 Å². The van der Waals surface area contributed by atoms with Gasteiger partial charge in [-0.25, -0.2) is 0 Å². The van der Waals surface area contributed by atoms with Gasteiger partial charge in [-0.3, -0.25) is 4.79 Å². The maximum atomic E-state index is 11.4. The maximum Gasteiger partial charge on any atom is 0.223 e. The number of anilines is 1. The van der Waals surface area contributed by atoms with Crippen LogP contribution in [0.25, 0.3) is 0 Å². The van der Waals surface area contributed by atoms with E-state index in [4.69, 9.17) is 23.2 Å². The molecule has 0 aliphatic rings. The quantitative estimate of drug-likeness (QED) is 0.908. The largest absolute Gasteiger partial charge is 0.382 e. The molecule has 1 aromatic rings. The first-order valence-corrected chi connectivity index (χ1v) is 6.55. The lowest BCUT2D eigenvalue weighted by atomic mass is 10.3. The fraction of sp³-hybridized carbons (Fsp3) is 0.364. The van der Waals surface area contributed by atoms with E-state index in [0.717, 1.165) is 4.47 Å². The molecule has 1 rings (SSSR count). The molecule has 0 heterocycles. The SMILES string of the molecule is CN(C)C(=O)CCNc1c(Cl)cc(Br)cc1Cl. The number of nitrogens with zero attached hydrogens (tertiary/aromatic N) is 1. The van der Waals surface area contributed by atoms with E-state index < -0.39 is 0 Å². The zero-order valence-electron chi connectivity index (χ0n) is 9.56. The minimum Gasteiger partial charge on any atom is -0.382 e. The molecule has 94 valence electrons. The third-order valence-electron chi connectivity index (χ3n) is 2.15. The smallest absolute Gasteiger partial charge is 0.223 e. The Morgan fingerprint density at radius 2 is 1.88 bits per heavy atom. The molecule has 6 heteroatoms. The first-order valence-electron chi connectivity index (χ1n) is 5.00. The highest BCUT2D eigenvalue weighted by molar-refractivity contribution is 9.10. The Bertz CT molecular complexity index is 401. The van der Waals surface area contributed by atoms with Crippen LogP contribution in [0.3, 0.4) is 0 Å². The molecular formula is C11H13BrCl2N2O. The van der Waals surface area contributed by atoms with Crippen LogP contribution in [-0.2, 0) is 4.79 Å². The highest BCUT2D eigenvalue weighted by Gasteiger charge is 2.08. The van der Waals surface area contributed by atoms with Gasteiger partial charge >= 0.3 is 0 Å². The van der Waals surface area contributed by atoms with Gasteiger partial charge < -0.3 is 10.2 Å². The molecule has 1 N–H and O–H groups in total. The van der Waals surface area contributed by atoms with Crippen molar-refractivity contribution in [2.45, 2.75) is 6.42 Å². The zero-order valence-corrected chi connectivity index (χ0v) is 12.7. The fourth-order valence-corrected chi connectivity index (χ4v) is 2.57. The minimum absolute atomic E-state index is 0.0573. The summed E-state index contributed by atoms with van der Waals surface area (Å²) in [6.07, 6.45) is 0.399. The lowest BCUT2D eigenvalue weighted by molar-refractivity contribution is -0.128. The van der Waals surface area contributed by atoms with Crippen LogP contribution in [0.5, 0.6) is 0 Å². The van der Waals surface area contributed by atoms with Crippen molar-refractivity contribution in [1.29, 1.82) is 0 Å². The molecule has 0 fully saturated rings. The number of carbonyl (C=O) groups excluding carboxylic acids is 1. The monoisotopic (exact) mass is 338 g/mol. The number of halogens is 3. The predicted molar refractivity (Wildman–Crippen MR) is 76.0 cm³/mol. The second-order valence-electron chi connectivity index (χ2n) is 3.71. The van der Waals surface area contributed by atoms with Gasteiger partial charge in [0.05, 0.1) is 15.7 Å².